The number of rotatable bonds is 7. The minimum Gasteiger partial charge on any atom is -0.484 e. The number of aromatic nitrogens is 2. The molecule has 1 heterocycles. The Bertz CT molecular complexity index is 928. The molecule has 3 aromatic rings. The predicted octanol–water partition coefficient (Wildman–Crippen LogP) is 4.76. The van der Waals surface area contributed by atoms with E-state index in [1.165, 1.54) is 17.3 Å². The van der Waals surface area contributed by atoms with Gasteiger partial charge in [-0.1, -0.05) is 33.8 Å². The largest absolute Gasteiger partial charge is 0.484 e. The fourth-order valence-electron chi connectivity index (χ4n) is 2.16. The Hall–Kier alpha value is -2.32. The normalized spacial score (nSPS) is 10.6. The van der Waals surface area contributed by atoms with E-state index in [2.05, 4.69) is 31.4 Å². The number of carbonyl (C=O) groups is 1. The molecule has 1 aromatic heterocycles. The summed E-state index contributed by atoms with van der Waals surface area (Å²) >= 11 is 4.54. The number of anilines is 1. The predicted molar refractivity (Wildman–Crippen MR) is 108 cm³/mol. The zero-order valence-corrected chi connectivity index (χ0v) is 17.3. The van der Waals surface area contributed by atoms with Crippen LogP contribution in [-0.4, -0.2) is 21.9 Å². The molecule has 0 radical (unpaired) electrons. The number of carbonyl (C=O) groups excluding carboxylic acids is 1. The zero-order chi connectivity index (χ0) is 19.2. The molecule has 0 spiro atoms. The van der Waals surface area contributed by atoms with Crippen molar-refractivity contribution < 1.29 is 13.9 Å². The minimum absolute atomic E-state index is 0.145. The van der Waals surface area contributed by atoms with E-state index >= 15 is 0 Å². The molecule has 0 saturated carbocycles. The lowest BCUT2D eigenvalue weighted by Crippen LogP contribution is -2.13. The monoisotopic (exact) mass is 447 g/mol. The molecule has 0 aliphatic carbocycles. The molecule has 8 heteroatoms. The lowest BCUT2D eigenvalue weighted by molar-refractivity contribution is -0.113. The Morgan fingerprint density at radius 3 is 2.67 bits per heavy atom. The van der Waals surface area contributed by atoms with Gasteiger partial charge in [-0.25, -0.2) is 0 Å². The molecule has 1 amide bonds. The van der Waals surface area contributed by atoms with Crippen LogP contribution in [0.25, 0.3) is 0 Å². The van der Waals surface area contributed by atoms with Crippen LogP contribution in [0.15, 0.2) is 56.6 Å². The van der Waals surface area contributed by atoms with E-state index in [9.17, 15) is 4.79 Å². The molecule has 0 aliphatic heterocycles. The second-order valence-corrected chi connectivity index (χ2v) is 7.68. The lowest BCUT2D eigenvalue weighted by Gasteiger charge is -2.06. The first kappa shape index (κ1) is 19.4. The van der Waals surface area contributed by atoms with E-state index < -0.39 is 0 Å². The molecular weight excluding hydrogens is 430 g/mol. The van der Waals surface area contributed by atoms with Crippen molar-refractivity contribution in [1.29, 1.82) is 0 Å². The van der Waals surface area contributed by atoms with E-state index in [0.717, 1.165) is 21.5 Å². The quantitative estimate of drug-likeness (QED) is 0.526. The smallest absolute Gasteiger partial charge is 0.277 e. The van der Waals surface area contributed by atoms with Crippen LogP contribution in [0.1, 0.15) is 17.0 Å². The Morgan fingerprint density at radius 1 is 1.15 bits per heavy atom. The van der Waals surface area contributed by atoms with Gasteiger partial charge in [-0.3, -0.25) is 4.79 Å². The molecule has 2 aromatic carbocycles. The maximum atomic E-state index is 12.0. The molecule has 0 unspecified atom stereocenters. The highest BCUT2D eigenvalue weighted by Gasteiger charge is 2.11. The van der Waals surface area contributed by atoms with E-state index in [4.69, 9.17) is 9.15 Å². The van der Waals surface area contributed by atoms with Crippen LogP contribution in [0.5, 0.6) is 5.75 Å². The summed E-state index contributed by atoms with van der Waals surface area (Å²) in [6, 6.07) is 13.2. The number of amides is 1. The molecule has 0 atom stereocenters. The van der Waals surface area contributed by atoms with Crippen LogP contribution in [0.4, 0.5) is 5.69 Å². The summed E-state index contributed by atoms with van der Waals surface area (Å²) in [7, 11) is 0. The molecule has 27 heavy (non-hydrogen) atoms. The molecule has 0 saturated heterocycles. The summed E-state index contributed by atoms with van der Waals surface area (Å²) in [6.45, 7) is 4.26. The van der Waals surface area contributed by atoms with Gasteiger partial charge in [-0.2, -0.15) is 0 Å². The Labute approximate surface area is 169 Å². The maximum absolute atomic E-state index is 12.0. The van der Waals surface area contributed by atoms with Crippen LogP contribution in [0.2, 0.25) is 0 Å². The molecule has 1 N–H and O–H groups in total. The third kappa shape index (κ3) is 5.83. The van der Waals surface area contributed by atoms with Crippen LogP contribution in [0, 0.1) is 13.8 Å². The van der Waals surface area contributed by atoms with Gasteiger partial charge in [0.15, 0.2) is 6.61 Å². The van der Waals surface area contributed by atoms with Crippen molar-refractivity contribution in [3.05, 3.63) is 64.0 Å². The lowest BCUT2D eigenvalue weighted by atomic mass is 10.1. The standard InChI is InChI=1S/C19H18BrN3O3S/c1-12-3-8-16(9-13(12)2)25-10-18-22-23-19(26-18)27-11-17(24)21-15-6-4-14(20)5-7-15/h3-9H,10-11H2,1-2H3,(H,21,24). The van der Waals surface area contributed by atoms with E-state index in [-0.39, 0.29) is 18.3 Å². The summed E-state index contributed by atoms with van der Waals surface area (Å²) in [5, 5.41) is 11.0. The second kappa shape index (κ2) is 9.05. The van der Waals surface area contributed by atoms with Gasteiger partial charge in [-0.05, 0) is 61.4 Å². The van der Waals surface area contributed by atoms with Gasteiger partial charge < -0.3 is 14.5 Å². The first-order valence-corrected chi connectivity index (χ1v) is 9.98. The van der Waals surface area contributed by atoms with Crippen LogP contribution < -0.4 is 10.1 Å². The molecule has 0 aliphatic rings. The van der Waals surface area contributed by atoms with Crippen molar-refractivity contribution in [2.75, 3.05) is 11.1 Å². The summed E-state index contributed by atoms with van der Waals surface area (Å²) in [5.74, 6) is 1.15. The number of ether oxygens (including phenoxy) is 1. The summed E-state index contributed by atoms with van der Waals surface area (Å²) < 4.78 is 12.1. The van der Waals surface area contributed by atoms with Gasteiger partial charge in [0.2, 0.25) is 5.91 Å². The number of thioether (sulfide) groups is 1. The number of nitrogens with zero attached hydrogens (tertiary/aromatic N) is 2. The number of hydrogen-bond acceptors (Lipinski definition) is 6. The molecular formula is C19H18BrN3O3S. The van der Waals surface area contributed by atoms with E-state index in [1.807, 2.05) is 56.3 Å². The zero-order valence-electron chi connectivity index (χ0n) is 14.9. The third-order valence-electron chi connectivity index (χ3n) is 3.74. The fourth-order valence-corrected chi connectivity index (χ4v) is 3.01. The molecule has 6 nitrogen and oxygen atoms in total. The molecule has 3 rings (SSSR count). The first-order valence-electron chi connectivity index (χ1n) is 8.20. The molecule has 0 fully saturated rings. The van der Waals surface area contributed by atoms with Gasteiger partial charge in [0.25, 0.3) is 11.1 Å². The number of halogens is 1. The van der Waals surface area contributed by atoms with Crippen LogP contribution in [-0.2, 0) is 11.4 Å². The van der Waals surface area contributed by atoms with Gasteiger partial charge in [0, 0.05) is 10.2 Å². The highest BCUT2D eigenvalue weighted by atomic mass is 79.9. The highest BCUT2D eigenvalue weighted by molar-refractivity contribution is 9.10. The van der Waals surface area contributed by atoms with Gasteiger partial charge in [0.1, 0.15) is 5.75 Å². The number of hydrogen-bond donors (Lipinski definition) is 1. The second-order valence-electron chi connectivity index (χ2n) is 5.84. The van der Waals surface area contributed by atoms with Crippen molar-refractivity contribution in [2.24, 2.45) is 0 Å². The highest BCUT2D eigenvalue weighted by Crippen LogP contribution is 2.20. The fraction of sp³-hybridized carbons (Fsp3) is 0.211. The summed E-state index contributed by atoms with van der Waals surface area (Å²) in [4.78, 5) is 12.0. The van der Waals surface area contributed by atoms with E-state index in [0.29, 0.717) is 11.1 Å². The van der Waals surface area contributed by atoms with Crippen LogP contribution >= 0.6 is 27.7 Å². The van der Waals surface area contributed by atoms with Crippen molar-refractivity contribution in [3.63, 3.8) is 0 Å². The SMILES string of the molecule is Cc1ccc(OCc2nnc(SCC(=O)Nc3ccc(Br)cc3)o2)cc1C. The number of nitrogens with one attached hydrogen (secondary N) is 1. The van der Waals surface area contributed by atoms with Crippen molar-refractivity contribution in [3.8, 4) is 5.75 Å². The summed E-state index contributed by atoms with van der Waals surface area (Å²) in [6.07, 6.45) is 0. The number of aryl methyl sites for hydroxylation is 2. The Morgan fingerprint density at radius 2 is 1.93 bits per heavy atom. The first-order chi connectivity index (χ1) is 13.0. The van der Waals surface area contributed by atoms with Crippen molar-refractivity contribution >= 4 is 39.3 Å². The Balaban J connectivity index is 1.46. The summed E-state index contributed by atoms with van der Waals surface area (Å²) in [5.41, 5.74) is 3.10. The average Bonchev–Trinajstić information content (AvgIpc) is 3.11. The van der Waals surface area contributed by atoms with Crippen LogP contribution in [0.3, 0.4) is 0 Å². The number of benzene rings is 2. The molecule has 0 bridgehead atoms. The Kier molecular flexibility index (Phi) is 6.52. The minimum atomic E-state index is -0.145. The topological polar surface area (TPSA) is 77.2 Å². The molecule has 140 valence electrons. The van der Waals surface area contributed by atoms with Gasteiger partial charge >= 0.3 is 0 Å². The average molecular weight is 448 g/mol. The third-order valence-corrected chi connectivity index (χ3v) is 5.09. The van der Waals surface area contributed by atoms with E-state index in [1.54, 1.807) is 0 Å². The van der Waals surface area contributed by atoms with Gasteiger partial charge in [-0.15, -0.1) is 10.2 Å². The van der Waals surface area contributed by atoms with Crippen molar-refractivity contribution in [2.45, 2.75) is 25.7 Å². The maximum Gasteiger partial charge on any atom is 0.277 e. The van der Waals surface area contributed by atoms with Gasteiger partial charge in [0.05, 0.1) is 5.75 Å². The van der Waals surface area contributed by atoms with Crippen molar-refractivity contribution in [1.82, 2.24) is 10.2 Å².